The van der Waals surface area contributed by atoms with E-state index in [2.05, 4.69) is 26.3 Å². The lowest BCUT2D eigenvalue weighted by atomic mass is 10.1. The molecule has 0 radical (unpaired) electrons. The van der Waals surface area contributed by atoms with Crippen LogP contribution in [0.25, 0.3) is 21.9 Å². The van der Waals surface area contributed by atoms with Crippen LogP contribution in [-0.4, -0.2) is 36.3 Å². The van der Waals surface area contributed by atoms with Gasteiger partial charge in [-0.1, -0.05) is 0 Å². The van der Waals surface area contributed by atoms with Gasteiger partial charge in [-0.25, -0.2) is 9.97 Å². The fraction of sp³-hybridized carbons (Fsp3) is 0.190. The minimum Gasteiger partial charge on any atom is -0.493 e. The zero-order valence-corrected chi connectivity index (χ0v) is 17.3. The van der Waals surface area contributed by atoms with Gasteiger partial charge in [0.05, 0.1) is 60.7 Å². The van der Waals surface area contributed by atoms with Gasteiger partial charge in [0.15, 0.2) is 11.5 Å². The molecule has 2 heterocycles. The molecule has 30 heavy (non-hydrogen) atoms. The average molecular weight is 424 g/mol. The minimum absolute atomic E-state index is 0.146. The van der Waals surface area contributed by atoms with Crippen LogP contribution < -0.4 is 19.5 Å². The van der Waals surface area contributed by atoms with Crippen LogP contribution in [0.1, 0.15) is 11.3 Å². The molecule has 152 valence electrons. The molecular formula is C21H18ClN5O3. The van der Waals surface area contributed by atoms with Crippen molar-refractivity contribution in [2.75, 3.05) is 26.6 Å². The molecule has 0 saturated heterocycles. The number of pyridine rings is 1. The molecule has 2 aromatic heterocycles. The molecule has 8 nitrogen and oxygen atoms in total. The van der Waals surface area contributed by atoms with Gasteiger partial charge in [-0.3, -0.25) is 0 Å². The minimum atomic E-state index is 0.146. The van der Waals surface area contributed by atoms with Gasteiger partial charge in [0.2, 0.25) is 5.75 Å². The zero-order chi connectivity index (χ0) is 21.3. The molecule has 0 spiro atoms. The highest BCUT2D eigenvalue weighted by Crippen LogP contribution is 2.42. The molecule has 0 atom stereocenters. The third kappa shape index (κ3) is 3.19. The maximum atomic E-state index is 9.86. The third-order valence-corrected chi connectivity index (χ3v) is 5.06. The van der Waals surface area contributed by atoms with Crippen molar-refractivity contribution in [3.05, 3.63) is 41.9 Å². The van der Waals surface area contributed by atoms with E-state index in [1.807, 2.05) is 12.1 Å². The van der Waals surface area contributed by atoms with Gasteiger partial charge in [-0.2, -0.15) is 5.26 Å². The van der Waals surface area contributed by atoms with E-state index in [0.717, 1.165) is 21.9 Å². The smallest absolute Gasteiger partial charge is 0.203 e. The molecule has 0 aliphatic rings. The van der Waals surface area contributed by atoms with E-state index in [1.165, 1.54) is 6.33 Å². The van der Waals surface area contributed by atoms with Crippen molar-refractivity contribution in [1.29, 1.82) is 5.26 Å². The Bertz CT molecular complexity index is 1270. The number of hydrogen-bond acceptors (Lipinski definition) is 7. The molecule has 0 unspecified atom stereocenters. The number of nitriles is 1. The fourth-order valence-corrected chi connectivity index (χ4v) is 3.61. The predicted octanol–water partition coefficient (Wildman–Crippen LogP) is 4.49. The molecule has 2 N–H and O–H groups in total. The van der Waals surface area contributed by atoms with Gasteiger partial charge >= 0.3 is 0 Å². The maximum Gasteiger partial charge on any atom is 0.203 e. The number of halogens is 1. The number of hydrogen-bond donors (Lipinski definition) is 2. The molecule has 9 heteroatoms. The highest BCUT2D eigenvalue weighted by atomic mass is 35.5. The van der Waals surface area contributed by atoms with Crippen molar-refractivity contribution in [3.63, 3.8) is 0 Å². The van der Waals surface area contributed by atoms with Crippen molar-refractivity contribution in [2.45, 2.75) is 5.88 Å². The second kappa shape index (κ2) is 7.97. The lowest BCUT2D eigenvalue weighted by molar-refractivity contribution is 0.324. The Morgan fingerprint density at radius 1 is 1.03 bits per heavy atom. The summed E-state index contributed by atoms with van der Waals surface area (Å²) < 4.78 is 16.3. The summed E-state index contributed by atoms with van der Waals surface area (Å²) in [6.07, 6.45) is 1.50. The first kappa shape index (κ1) is 19.6. The van der Waals surface area contributed by atoms with Crippen LogP contribution in [0.2, 0.25) is 0 Å². The molecule has 0 aliphatic carbocycles. The predicted molar refractivity (Wildman–Crippen MR) is 115 cm³/mol. The quantitative estimate of drug-likeness (QED) is 0.440. The molecule has 4 aromatic rings. The largest absolute Gasteiger partial charge is 0.493 e. The SMILES string of the molecule is COc1cc(Nc2c(C#N)c(CCl)[nH]c3cc4ncnc4cc23)cc(OC)c1OC. The average Bonchev–Trinajstić information content (AvgIpc) is 3.23. The van der Waals surface area contributed by atoms with Crippen LogP contribution in [0.3, 0.4) is 0 Å². The van der Waals surface area contributed by atoms with Crippen LogP contribution in [0.15, 0.2) is 30.6 Å². The van der Waals surface area contributed by atoms with Crippen molar-refractivity contribution < 1.29 is 14.2 Å². The summed E-state index contributed by atoms with van der Waals surface area (Å²) in [7, 11) is 4.64. The molecule has 0 fully saturated rings. The Hall–Kier alpha value is -3.70. The van der Waals surface area contributed by atoms with Gasteiger partial charge in [-0.05, 0) is 12.1 Å². The first-order chi connectivity index (χ1) is 14.6. The molecule has 0 amide bonds. The number of nitrogens with zero attached hydrogens (tertiary/aromatic N) is 3. The second-order valence-corrected chi connectivity index (χ2v) is 6.67. The van der Waals surface area contributed by atoms with E-state index in [4.69, 9.17) is 25.8 Å². The number of fused-ring (bicyclic) bond motifs is 2. The van der Waals surface area contributed by atoms with Gasteiger partial charge in [0.1, 0.15) is 12.4 Å². The van der Waals surface area contributed by atoms with Crippen molar-refractivity contribution in [1.82, 2.24) is 15.0 Å². The van der Waals surface area contributed by atoms with Gasteiger partial charge in [-0.15, -0.1) is 11.6 Å². The van der Waals surface area contributed by atoms with Crippen molar-refractivity contribution in [3.8, 4) is 23.3 Å². The summed E-state index contributed by atoms with van der Waals surface area (Å²) in [6.45, 7) is 0. The Morgan fingerprint density at radius 2 is 1.70 bits per heavy atom. The summed E-state index contributed by atoms with van der Waals surface area (Å²) in [4.78, 5) is 11.8. The Labute approximate surface area is 177 Å². The Morgan fingerprint density at radius 3 is 2.27 bits per heavy atom. The summed E-state index contributed by atoms with van der Waals surface area (Å²) in [6, 6.07) is 9.55. The van der Waals surface area contributed by atoms with Crippen LogP contribution in [0, 0.1) is 11.3 Å². The van der Waals surface area contributed by atoms with E-state index >= 15 is 0 Å². The summed E-state index contributed by atoms with van der Waals surface area (Å²) in [5, 5.41) is 14.0. The van der Waals surface area contributed by atoms with E-state index in [-0.39, 0.29) is 5.88 Å². The molecule has 2 aromatic carbocycles. The zero-order valence-electron chi connectivity index (χ0n) is 16.5. The lowest BCUT2D eigenvalue weighted by Crippen LogP contribution is -2.03. The highest BCUT2D eigenvalue weighted by Gasteiger charge is 2.18. The molecular weight excluding hydrogens is 406 g/mol. The van der Waals surface area contributed by atoms with Crippen LogP contribution >= 0.6 is 11.6 Å². The van der Waals surface area contributed by atoms with Crippen molar-refractivity contribution in [2.24, 2.45) is 0 Å². The van der Waals surface area contributed by atoms with Crippen LogP contribution in [-0.2, 0) is 5.88 Å². The molecule has 0 aliphatic heterocycles. The molecule has 0 bridgehead atoms. The van der Waals surface area contributed by atoms with Crippen LogP contribution in [0.5, 0.6) is 17.2 Å². The van der Waals surface area contributed by atoms with Crippen LogP contribution in [0.4, 0.5) is 11.4 Å². The number of imidazole rings is 1. The number of ether oxygens (including phenoxy) is 3. The van der Waals surface area contributed by atoms with Crippen molar-refractivity contribution >= 4 is 44.9 Å². The van der Waals surface area contributed by atoms with E-state index < -0.39 is 0 Å². The summed E-state index contributed by atoms with van der Waals surface area (Å²) in [5.74, 6) is 1.61. The number of H-pyrrole nitrogens is 1. The fourth-order valence-electron chi connectivity index (χ4n) is 3.41. The number of benzene rings is 2. The van der Waals surface area contributed by atoms with Gasteiger partial charge in [0, 0.05) is 23.2 Å². The Balaban J connectivity index is 1.96. The summed E-state index contributed by atoms with van der Waals surface area (Å²) in [5.41, 5.74) is 4.52. The highest BCUT2D eigenvalue weighted by molar-refractivity contribution is 6.17. The first-order valence-electron chi connectivity index (χ1n) is 8.95. The number of aromatic amines is 1. The molecule has 0 saturated carbocycles. The van der Waals surface area contributed by atoms with Gasteiger partial charge < -0.3 is 24.5 Å². The number of nitrogens with one attached hydrogen (secondary N) is 2. The first-order valence-corrected chi connectivity index (χ1v) is 9.49. The van der Waals surface area contributed by atoms with E-state index in [0.29, 0.717) is 39.9 Å². The number of alkyl halides is 1. The maximum absolute atomic E-state index is 9.86. The molecule has 4 rings (SSSR count). The number of rotatable bonds is 6. The Kier molecular flexibility index (Phi) is 5.21. The topological polar surface area (TPSA) is 105 Å². The monoisotopic (exact) mass is 423 g/mol. The number of aromatic nitrogens is 3. The standard InChI is InChI=1S/C21H18ClN5O3/c1-28-18-4-11(5-19(29-2)21(18)30-3)26-20-12-6-15-16(25-10-24-15)7-14(12)27-17(8-22)13(20)9-23/h4-7,10,26-27H,8H2,1-3H3. The van der Waals surface area contributed by atoms with E-state index in [1.54, 1.807) is 33.5 Å². The number of anilines is 2. The second-order valence-electron chi connectivity index (χ2n) is 6.40. The van der Waals surface area contributed by atoms with E-state index in [9.17, 15) is 5.26 Å². The third-order valence-electron chi connectivity index (χ3n) is 4.79. The van der Waals surface area contributed by atoms with Gasteiger partial charge in [0.25, 0.3) is 0 Å². The normalized spacial score (nSPS) is 10.8. The number of methoxy groups -OCH3 is 3. The lowest BCUT2D eigenvalue weighted by Gasteiger charge is -2.18. The summed E-state index contributed by atoms with van der Waals surface area (Å²) >= 11 is 6.12.